The number of nitrogens with one attached hydrogen (secondary N) is 2. The van der Waals surface area contributed by atoms with E-state index in [0.29, 0.717) is 5.56 Å². The molecule has 4 heteroatoms. The Kier molecular flexibility index (Phi) is 4.58. The Balaban J connectivity index is 1.99. The van der Waals surface area contributed by atoms with E-state index in [9.17, 15) is 4.79 Å². The molecule has 0 aliphatic rings. The van der Waals surface area contributed by atoms with Crippen molar-refractivity contribution in [2.24, 2.45) is 0 Å². The van der Waals surface area contributed by atoms with Gasteiger partial charge >= 0.3 is 0 Å². The molecule has 1 atom stereocenters. The zero-order valence-electron chi connectivity index (χ0n) is 11.1. The molecule has 3 nitrogen and oxygen atoms in total. The highest BCUT2D eigenvalue weighted by atomic mass is 32.1. The third kappa shape index (κ3) is 3.58. The summed E-state index contributed by atoms with van der Waals surface area (Å²) in [6.07, 6.45) is 0. The van der Waals surface area contributed by atoms with Crippen molar-refractivity contribution in [2.45, 2.75) is 19.9 Å². The van der Waals surface area contributed by atoms with E-state index in [1.165, 1.54) is 0 Å². The summed E-state index contributed by atoms with van der Waals surface area (Å²) < 4.78 is 0. The first kappa shape index (κ1) is 13.6. The van der Waals surface area contributed by atoms with Crippen molar-refractivity contribution >= 4 is 22.9 Å². The molecule has 1 amide bonds. The molecule has 0 bridgehead atoms. The normalized spacial score (nSPS) is 11.9. The molecule has 2 rings (SSSR count). The summed E-state index contributed by atoms with van der Waals surface area (Å²) in [5.41, 5.74) is 2.86. The summed E-state index contributed by atoms with van der Waals surface area (Å²) in [7, 11) is 0. The molecule has 0 aliphatic heterocycles. The van der Waals surface area contributed by atoms with Gasteiger partial charge in [0.05, 0.1) is 6.04 Å². The van der Waals surface area contributed by atoms with Crippen molar-refractivity contribution in [3.8, 4) is 0 Å². The molecule has 1 aromatic heterocycles. The number of anilines is 1. The third-order valence-electron chi connectivity index (χ3n) is 2.92. The zero-order chi connectivity index (χ0) is 13.7. The Hall–Kier alpha value is -1.81. The van der Waals surface area contributed by atoms with Crippen LogP contribution in [-0.2, 0) is 0 Å². The molecular weight excluding hydrogens is 256 g/mol. The van der Waals surface area contributed by atoms with Crippen LogP contribution in [0.3, 0.4) is 0 Å². The fourth-order valence-electron chi connectivity index (χ4n) is 1.83. The third-order valence-corrected chi connectivity index (χ3v) is 3.62. The molecule has 1 unspecified atom stereocenters. The lowest BCUT2D eigenvalue weighted by Gasteiger charge is -2.13. The predicted octanol–water partition coefficient (Wildman–Crippen LogP) is 3.67. The largest absolute Gasteiger partial charge is 0.385 e. The van der Waals surface area contributed by atoms with E-state index in [-0.39, 0.29) is 11.9 Å². The predicted molar refractivity (Wildman–Crippen MR) is 80.8 cm³/mol. The van der Waals surface area contributed by atoms with Crippen molar-refractivity contribution < 1.29 is 4.79 Å². The highest BCUT2D eigenvalue weighted by molar-refractivity contribution is 7.07. The molecule has 1 aromatic carbocycles. The Labute approximate surface area is 117 Å². The van der Waals surface area contributed by atoms with Gasteiger partial charge < -0.3 is 10.6 Å². The molecule has 2 aromatic rings. The van der Waals surface area contributed by atoms with E-state index in [4.69, 9.17) is 0 Å². The molecule has 0 spiro atoms. The van der Waals surface area contributed by atoms with Crippen molar-refractivity contribution in [3.63, 3.8) is 0 Å². The van der Waals surface area contributed by atoms with Crippen LogP contribution in [0.1, 0.15) is 35.8 Å². The number of rotatable bonds is 5. The maximum atomic E-state index is 12.1. The summed E-state index contributed by atoms with van der Waals surface area (Å²) in [6, 6.07) is 9.60. The molecule has 2 N–H and O–H groups in total. The van der Waals surface area contributed by atoms with Gasteiger partial charge in [0.1, 0.15) is 0 Å². The molecule has 19 heavy (non-hydrogen) atoms. The van der Waals surface area contributed by atoms with Crippen LogP contribution in [0, 0.1) is 0 Å². The van der Waals surface area contributed by atoms with Crippen LogP contribution in [-0.4, -0.2) is 12.5 Å². The van der Waals surface area contributed by atoms with E-state index in [1.807, 2.05) is 49.6 Å². The van der Waals surface area contributed by atoms with Crippen LogP contribution in [0.2, 0.25) is 0 Å². The quantitative estimate of drug-likeness (QED) is 0.873. The Bertz CT molecular complexity index is 520. The second-order valence-corrected chi connectivity index (χ2v) is 5.14. The monoisotopic (exact) mass is 274 g/mol. The van der Waals surface area contributed by atoms with Crippen LogP contribution in [0.15, 0.2) is 41.1 Å². The van der Waals surface area contributed by atoms with Crippen LogP contribution in [0.25, 0.3) is 0 Å². The lowest BCUT2D eigenvalue weighted by Crippen LogP contribution is -2.26. The molecule has 100 valence electrons. The molecule has 0 saturated heterocycles. The fraction of sp³-hybridized carbons (Fsp3) is 0.267. The molecule has 0 radical (unpaired) electrons. The van der Waals surface area contributed by atoms with E-state index in [2.05, 4.69) is 16.0 Å². The lowest BCUT2D eigenvalue weighted by atomic mass is 10.1. The van der Waals surface area contributed by atoms with Crippen LogP contribution >= 0.6 is 11.3 Å². The number of benzene rings is 1. The molecule has 0 aliphatic carbocycles. The summed E-state index contributed by atoms with van der Waals surface area (Å²) in [5, 5.41) is 10.3. The summed E-state index contributed by atoms with van der Waals surface area (Å²) >= 11 is 1.64. The Morgan fingerprint density at radius 2 is 2.00 bits per heavy atom. The van der Waals surface area contributed by atoms with E-state index in [1.54, 1.807) is 11.3 Å². The number of hydrogen-bond donors (Lipinski definition) is 2. The molecule has 1 heterocycles. The Morgan fingerprint density at radius 3 is 2.58 bits per heavy atom. The first-order chi connectivity index (χ1) is 9.20. The number of carbonyl (C=O) groups excluding carboxylic acids is 1. The van der Waals surface area contributed by atoms with Crippen LogP contribution in [0.5, 0.6) is 0 Å². The number of hydrogen-bond acceptors (Lipinski definition) is 3. The van der Waals surface area contributed by atoms with Gasteiger partial charge in [0.2, 0.25) is 0 Å². The van der Waals surface area contributed by atoms with Gasteiger partial charge in [0, 0.05) is 17.8 Å². The van der Waals surface area contributed by atoms with E-state index in [0.717, 1.165) is 17.8 Å². The fourth-order valence-corrected chi connectivity index (χ4v) is 2.58. The van der Waals surface area contributed by atoms with Crippen molar-refractivity contribution in [1.29, 1.82) is 0 Å². The standard InChI is InChI=1S/C15H18N2OS/c1-3-16-14-6-4-12(5-7-14)15(18)17-11(2)13-8-9-19-10-13/h4-11,16H,3H2,1-2H3,(H,17,18). The molecule has 0 saturated carbocycles. The van der Waals surface area contributed by atoms with Crippen molar-refractivity contribution in [3.05, 3.63) is 52.2 Å². The van der Waals surface area contributed by atoms with Gasteiger partial charge in [-0.1, -0.05) is 0 Å². The minimum Gasteiger partial charge on any atom is -0.385 e. The van der Waals surface area contributed by atoms with Crippen molar-refractivity contribution in [2.75, 3.05) is 11.9 Å². The Morgan fingerprint density at radius 1 is 1.26 bits per heavy atom. The van der Waals surface area contributed by atoms with Gasteiger partial charge in [0.25, 0.3) is 5.91 Å². The first-order valence-electron chi connectivity index (χ1n) is 6.37. The van der Waals surface area contributed by atoms with Gasteiger partial charge in [-0.3, -0.25) is 4.79 Å². The summed E-state index contributed by atoms with van der Waals surface area (Å²) in [5.74, 6) is -0.0400. The number of amides is 1. The van der Waals surface area contributed by atoms with Gasteiger partial charge in [0.15, 0.2) is 0 Å². The van der Waals surface area contributed by atoms with E-state index >= 15 is 0 Å². The average molecular weight is 274 g/mol. The second kappa shape index (κ2) is 6.38. The second-order valence-electron chi connectivity index (χ2n) is 4.36. The highest BCUT2D eigenvalue weighted by Crippen LogP contribution is 2.16. The van der Waals surface area contributed by atoms with Crippen molar-refractivity contribution in [1.82, 2.24) is 5.32 Å². The highest BCUT2D eigenvalue weighted by Gasteiger charge is 2.11. The molecular formula is C15H18N2OS. The zero-order valence-corrected chi connectivity index (χ0v) is 12.0. The lowest BCUT2D eigenvalue weighted by molar-refractivity contribution is 0.0940. The van der Waals surface area contributed by atoms with Crippen LogP contribution in [0.4, 0.5) is 5.69 Å². The summed E-state index contributed by atoms with van der Waals surface area (Å²) in [4.78, 5) is 12.1. The minimum absolute atomic E-state index is 0.0344. The SMILES string of the molecule is CCNc1ccc(C(=O)NC(C)c2ccsc2)cc1. The average Bonchev–Trinajstić information content (AvgIpc) is 2.94. The number of carbonyl (C=O) groups is 1. The van der Waals surface area contributed by atoms with Gasteiger partial charge in [-0.25, -0.2) is 0 Å². The minimum atomic E-state index is -0.0400. The summed E-state index contributed by atoms with van der Waals surface area (Å²) in [6.45, 7) is 4.91. The number of thiophene rings is 1. The van der Waals surface area contributed by atoms with Crippen LogP contribution < -0.4 is 10.6 Å². The smallest absolute Gasteiger partial charge is 0.251 e. The van der Waals surface area contributed by atoms with Gasteiger partial charge in [-0.05, 0) is 60.5 Å². The van der Waals surface area contributed by atoms with Gasteiger partial charge in [-0.2, -0.15) is 11.3 Å². The first-order valence-corrected chi connectivity index (χ1v) is 7.32. The van der Waals surface area contributed by atoms with Gasteiger partial charge in [-0.15, -0.1) is 0 Å². The maximum Gasteiger partial charge on any atom is 0.251 e. The molecule has 0 fully saturated rings. The van der Waals surface area contributed by atoms with E-state index < -0.39 is 0 Å². The topological polar surface area (TPSA) is 41.1 Å². The maximum absolute atomic E-state index is 12.1.